The number of rotatable bonds is 6. The van der Waals surface area contributed by atoms with Crippen LogP contribution in [-0.4, -0.2) is 35.5 Å². The molecule has 0 radical (unpaired) electrons. The first kappa shape index (κ1) is 15.2. The molecule has 1 rings (SSSR count). The second-order valence-electron chi connectivity index (χ2n) is 4.74. The van der Waals surface area contributed by atoms with Gasteiger partial charge in [-0.25, -0.2) is 0 Å². The van der Waals surface area contributed by atoms with Gasteiger partial charge in [0, 0.05) is 12.5 Å². The van der Waals surface area contributed by atoms with Gasteiger partial charge >= 0.3 is 0 Å². The summed E-state index contributed by atoms with van der Waals surface area (Å²) in [5.41, 5.74) is -0.949. The van der Waals surface area contributed by atoms with E-state index < -0.39 is 5.60 Å². The van der Waals surface area contributed by atoms with Gasteiger partial charge in [-0.1, -0.05) is 0 Å². The fraction of sp³-hybridized carbons (Fsp3) is 0.429. The normalized spacial score (nSPS) is 10.9. The lowest BCUT2D eigenvalue weighted by Gasteiger charge is -2.15. The van der Waals surface area contributed by atoms with Crippen molar-refractivity contribution in [2.45, 2.75) is 26.4 Å². The number of ether oxygens (including phenoxy) is 1. The van der Waals surface area contributed by atoms with Gasteiger partial charge in [0.1, 0.15) is 18.0 Å². The van der Waals surface area contributed by atoms with E-state index in [1.165, 1.54) is 20.8 Å². The van der Waals surface area contributed by atoms with Crippen molar-refractivity contribution >= 4 is 11.7 Å². The fourth-order valence-corrected chi connectivity index (χ4v) is 1.45. The third-order valence-corrected chi connectivity index (χ3v) is 2.42. The summed E-state index contributed by atoms with van der Waals surface area (Å²) in [7, 11) is 0. The Kier molecular flexibility index (Phi) is 5.06. The van der Waals surface area contributed by atoms with Crippen molar-refractivity contribution in [3.63, 3.8) is 0 Å². The van der Waals surface area contributed by atoms with Crippen LogP contribution < -0.4 is 10.1 Å². The quantitative estimate of drug-likeness (QED) is 0.597. The number of hydrogen-bond acceptors (Lipinski definition) is 4. The second kappa shape index (κ2) is 6.33. The predicted octanol–water partition coefficient (Wildman–Crippen LogP) is 1.16. The van der Waals surface area contributed by atoms with Crippen molar-refractivity contribution in [1.82, 2.24) is 5.32 Å². The minimum absolute atomic E-state index is 0.102. The zero-order valence-electron chi connectivity index (χ0n) is 11.4. The maximum atomic E-state index is 11.8. The summed E-state index contributed by atoms with van der Waals surface area (Å²) in [6.45, 7) is 5.13. The topological polar surface area (TPSA) is 75.6 Å². The number of amides is 1. The van der Waals surface area contributed by atoms with Crippen molar-refractivity contribution in [2.75, 3.05) is 13.2 Å². The SMILES string of the molecule is CC(=O)NCCOc1ccc(C(=O)C(C)(C)O)cc1. The Morgan fingerprint density at radius 1 is 1.26 bits per heavy atom. The van der Waals surface area contributed by atoms with Crippen LogP contribution in [0.3, 0.4) is 0 Å². The number of carbonyl (C=O) groups is 2. The lowest BCUT2D eigenvalue weighted by atomic mass is 9.97. The van der Waals surface area contributed by atoms with Crippen LogP contribution in [0, 0.1) is 0 Å². The minimum atomic E-state index is -1.38. The van der Waals surface area contributed by atoms with Gasteiger partial charge in [-0.3, -0.25) is 9.59 Å². The van der Waals surface area contributed by atoms with Crippen LogP contribution in [0.15, 0.2) is 24.3 Å². The zero-order valence-corrected chi connectivity index (χ0v) is 11.4. The van der Waals surface area contributed by atoms with Gasteiger partial charge in [0.25, 0.3) is 0 Å². The van der Waals surface area contributed by atoms with Gasteiger partial charge in [0.05, 0.1) is 6.54 Å². The summed E-state index contributed by atoms with van der Waals surface area (Å²) >= 11 is 0. The molecule has 0 fully saturated rings. The van der Waals surface area contributed by atoms with Crippen molar-refractivity contribution in [2.24, 2.45) is 0 Å². The molecule has 1 aromatic carbocycles. The van der Waals surface area contributed by atoms with Crippen LogP contribution in [0.1, 0.15) is 31.1 Å². The van der Waals surface area contributed by atoms with Crippen LogP contribution in [0.4, 0.5) is 0 Å². The van der Waals surface area contributed by atoms with Crippen LogP contribution in [0.2, 0.25) is 0 Å². The van der Waals surface area contributed by atoms with E-state index in [-0.39, 0.29) is 11.7 Å². The van der Waals surface area contributed by atoms with Gasteiger partial charge < -0.3 is 15.2 Å². The molecule has 5 nitrogen and oxygen atoms in total. The molecule has 0 atom stereocenters. The summed E-state index contributed by atoms with van der Waals surface area (Å²) < 4.78 is 5.39. The van der Waals surface area contributed by atoms with Crippen LogP contribution in [0.5, 0.6) is 5.75 Å². The number of aliphatic hydroxyl groups is 1. The molecule has 0 unspecified atom stereocenters. The van der Waals surface area contributed by atoms with Crippen LogP contribution >= 0.6 is 0 Å². The van der Waals surface area contributed by atoms with E-state index >= 15 is 0 Å². The fourth-order valence-electron chi connectivity index (χ4n) is 1.45. The van der Waals surface area contributed by atoms with E-state index in [4.69, 9.17) is 4.74 Å². The third kappa shape index (κ3) is 5.09. The Morgan fingerprint density at radius 2 is 1.84 bits per heavy atom. The molecular formula is C14H19NO4. The number of carbonyl (C=O) groups excluding carboxylic acids is 2. The summed E-state index contributed by atoms with van der Waals surface area (Å²) in [5, 5.41) is 12.2. The maximum absolute atomic E-state index is 11.8. The molecule has 0 saturated heterocycles. The average molecular weight is 265 g/mol. The Balaban J connectivity index is 2.53. The molecular weight excluding hydrogens is 246 g/mol. The highest BCUT2D eigenvalue weighted by atomic mass is 16.5. The van der Waals surface area contributed by atoms with Crippen molar-refractivity contribution in [1.29, 1.82) is 0 Å². The first-order valence-electron chi connectivity index (χ1n) is 6.05. The first-order valence-corrected chi connectivity index (χ1v) is 6.05. The number of nitrogens with one attached hydrogen (secondary N) is 1. The molecule has 0 aliphatic heterocycles. The lowest BCUT2D eigenvalue weighted by Crippen LogP contribution is -2.31. The number of benzene rings is 1. The average Bonchev–Trinajstić information content (AvgIpc) is 2.33. The predicted molar refractivity (Wildman–Crippen MR) is 71.2 cm³/mol. The standard InChI is InChI=1S/C14H19NO4/c1-10(16)15-8-9-19-12-6-4-11(5-7-12)13(17)14(2,3)18/h4-7,18H,8-9H2,1-3H3,(H,15,16). The summed E-state index contributed by atoms with van der Waals surface area (Å²) in [5.74, 6) is 0.171. The molecule has 0 bridgehead atoms. The number of Topliss-reactive ketones (excluding diaryl/α,β-unsaturated/α-hetero) is 1. The smallest absolute Gasteiger partial charge is 0.216 e. The number of ketones is 1. The van der Waals surface area contributed by atoms with E-state index in [2.05, 4.69) is 5.32 Å². The Hall–Kier alpha value is -1.88. The third-order valence-electron chi connectivity index (χ3n) is 2.42. The molecule has 1 amide bonds. The summed E-state index contributed by atoms with van der Waals surface area (Å²) in [4.78, 5) is 22.4. The van der Waals surface area contributed by atoms with E-state index in [9.17, 15) is 14.7 Å². The molecule has 104 valence electrons. The Morgan fingerprint density at radius 3 is 2.32 bits per heavy atom. The first-order chi connectivity index (χ1) is 8.80. The molecule has 0 aliphatic carbocycles. The lowest BCUT2D eigenvalue weighted by molar-refractivity contribution is -0.119. The monoisotopic (exact) mass is 265 g/mol. The summed E-state index contributed by atoms with van der Waals surface area (Å²) in [6, 6.07) is 6.53. The summed E-state index contributed by atoms with van der Waals surface area (Å²) in [6.07, 6.45) is 0. The van der Waals surface area contributed by atoms with Gasteiger partial charge in [0.2, 0.25) is 5.91 Å². The highest BCUT2D eigenvalue weighted by Crippen LogP contribution is 2.16. The van der Waals surface area contributed by atoms with Crippen LogP contribution in [-0.2, 0) is 4.79 Å². The zero-order chi connectivity index (χ0) is 14.5. The van der Waals surface area contributed by atoms with Gasteiger partial charge in [-0.2, -0.15) is 0 Å². The van der Waals surface area contributed by atoms with E-state index in [1.807, 2.05) is 0 Å². The molecule has 2 N–H and O–H groups in total. The minimum Gasteiger partial charge on any atom is -0.492 e. The van der Waals surface area contributed by atoms with Crippen molar-refractivity contribution in [3.8, 4) is 5.75 Å². The molecule has 1 aromatic rings. The maximum Gasteiger partial charge on any atom is 0.216 e. The van der Waals surface area contributed by atoms with Crippen molar-refractivity contribution < 1.29 is 19.4 Å². The Bertz CT molecular complexity index is 446. The largest absolute Gasteiger partial charge is 0.492 e. The highest BCUT2D eigenvalue weighted by molar-refractivity contribution is 6.01. The molecule has 0 heterocycles. The number of hydrogen-bond donors (Lipinski definition) is 2. The van der Waals surface area contributed by atoms with Crippen LogP contribution in [0.25, 0.3) is 0 Å². The van der Waals surface area contributed by atoms with Crippen molar-refractivity contribution in [3.05, 3.63) is 29.8 Å². The van der Waals surface area contributed by atoms with E-state index in [1.54, 1.807) is 24.3 Å². The van der Waals surface area contributed by atoms with Gasteiger partial charge in [0.15, 0.2) is 5.78 Å². The van der Waals surface area contributed by atoms with Gasteiger partial charge in [-0.15, -0.1) is 0 Å². The van der Waals surface area contributed by atoms with Gasteiger partial charge in [-0.05, 0) is 38.1 Å². The molecule has 5 heteroatoms. The molecule has 0 spiro atoms. The van der Waals surface area contributed by atoms with E-state index in [0.717, 1.165) is 0 Å². The molecule has 0 saturated carbocycles. The van der Waals surface area contributed by atoms with E-state index in [0.29, 0.717) is 24.5 Å². The highest BCUT2D eigenvalue weighted by Gasteiger charge is 2.24. The molecule has 0 aromatic heterocycles. The molecule has 19 heavy (non-hydrogen) atoms. The molecule has 0 aliphatic rings. The Labute approximate surface area is 112 Å². The second-order valence-corrected chi connectivity index (χ2v) is 4.74.